The fourth-order valence-corrected chi connectivity index (χ4v) is 2.94. The van der Waals surface area contributed by atoms with E-state index in [1.54, 1.807) is 6.20 Å². The first-order valence-electron chi connectivity index (χ1n) is 8.58. The van der Waals surface area contributed by atoms with Crippen LogP contribution in [0, 0.1) is 0 Å². The lowest BCUT2D eigenvalue weighted by Gasteiger charge is -2.24. The predicted molar refractivity (Wildman–Crippen MR) is 93.3 cm³/mol. The van der Waals surface area contributed by atoms with Crippen molar-refractivity contribution in [3.8, 4) is 17.3 Å². The van der Waals surface area contributed by atoms with Crippen LogP contribution in [-0.2, 0) is 6.42 Å². The third-order valence-electron chi connectivity index (χ3n) is 4.23. The molecule has 128 valence electrons. The zero-order valence-electron chi connectivity index (χ0n) is 13.9. The molecule has 25 heavy (non-hydrogen) atoms. The number of piperidine rings is 1. The molecular weight excluding hydrogens is 316 g/mol. The SMILES string of the molecule is c1ccc(Cc2noc(-c3ncccc3OC3CCNCC3)n2)cc1. The van der Waals surface area contributed by atoms with Crippen LogP contribution in [0.2, 0.25) is 0 Å². The summed E-state index contributed by atoms with van der Waals surface area (Å²) in [7, 11) is 0. The molecule has 1 N–H and O–H groups in total. The lowest BCUT2D eigenvalue weighted by Crippen LogP contribution is -2.34. The van der Waals surface area contributed by atoms with Crippen LogP contribution in [-0.4, -0.2) is 34.3 Å². The van der Waals surface area contributed by atoms with Gasteiger partial charge in [0.25, 0.3) is 5.89 Å². The third-order valence-corrected chi connectivity index (χ3v) is 4.23. The third kappa shape index (κ3) is 3.85. The summed E-state index contributed by atoms with van der Waals surface area (Å²) in [6.45, 7) is 1.95. The summed E-state index contributed by atoms with van der Waals surface area (Å²) >= 11 is 0. The predicted octanol–water partition coefficient (Wildman–Crippen LogP) is 2.85. The maximum Gasteiger partial charge on any atom is 0.280 e. The van der Waals surface area contributed by atoms with E-state index in [0.29, 0.717) is 29.6 Å². The van der Waals surface area contributed by atoms with Crippen LogP contribution in [0.3, 0.4) is 0 Å². The molecule has 6 nitrogen and oxygen atoms in total. The normalized spacial score (nSPS) is 15.2. The molecule has 2 aromatic heterocycles. The maximum absolute atomic E-state index is 6.14. The zero-order valence-corrected chi connectivity index (χ0v) is 13.9. The molecule has 1 fully saturated rings. The summed E-state index contributed by atoms with van der Waals surface area (Å²) < 4.78 is 11.6. The molecule has 0 bridgehead atoms. The Kier molecular flexibility index (Phi) is 4.70. The minimum absolute atomic E-state index is 0.191. The van der Waals surface area contributed by atoms with Gasteiger partial charge in [-0.1, -0.05) is 35.5 Å². The van der Waals surface area contributed by atoms with Crippen molar-refractivity contribution in [3.05, 3.63) is 60.0 Å². The van der Waals surface area contributed by atoms with Gasteiger partial charge < -0.3 is 14.6 Å². The lowest BCUT2D eigenvalue weighted by molar-refractivity contribution is 0.162. The topological polar surface area (TPSA) is 73.1 Å². The smallest absolute Gasteiger partial charge is 0.280 e. The van der Waals surface area contributed by atoms with Gasteiger partial charge in [0.05, 0.1) is 0 Å². The summed E-state index contributed by atoms with van der Waals surface area (Å²) in [6, 6.07) is 13.8. The molecular formula is C19H20N4O2. The summed E-state index contributed by atoms with van der Waals surface area (Å²) in [6.07, 6.45) is 4.50. The molecule has 0 atom stereocenters. The standard InChI is InChI=1S/C19H20N4O2/c1-2-5-14(6-3-1)13-17-22-19(25-23-17)18-16(7-4-10-21-18)24-15-8-11-20-12-9-15/h1-7,10,15,20H,8-9,11-13H2. The van der Waals surface area contributed by atoms with Gasteiger partial charge in [-0.05, 0) is 43.6 Å². The Labute approximate surface area is 146 Å². The quantitative estimate of drug-likeness (QED) is 0.772. The van der Waals surface area contributed by atoms with E-state index in [1.165, 1.54) is 0 Å². The van der Waals surface area contributed by atoms with Gasteiger partial charge in [0.2, 0.25) is 0 Å². The second kappa shape index (κ2) is 7.44. The lowest BCUT2D eigenvalue weighted by atomic mass is 10.1. The maximum atomic E-state index is 6.14. The highest BCUT2D eigenvalue weighted by atomic mass is 16.5. The first-order valence-corrected chi connectivity index (χ1v) is 8.58. The number of ether oxygens (including phenoxy) is 1. The largest absolute Gasteiger partial charge is 0.488 e. The number of benzene rings is 1. The van der Waals surface area contributed by atoms with Crippen LogP contribution in [0.5, 0.6) is 5.75 Å². The summed E-state index contributed by atoms with van der Waals surface area (Å²) in [5, 5.41) is 7.42. The highest BCUT2D eigenvalue weighted by Gasteiger charge is 2.20. The van der Waals surface area contributed by atoms with E-state index in [0.717, 1.165) is 31.5 Å². The van der Waals surface area contributed by atoms with Crippen molar-refractivity contribution in [2.75, 3.05) is 13.1 Å². The molecule has 6 heteroatoms. The van der Waals surface area contributed by atoms with E-state index < -0.39 is 0 Å². The van der Waals surface area contributed by atoms with Gasteiger partial charge in [-0.15, -0.1) is 0 Å². The fraction of sp³-hybridized carbons (Fsp3) is 0.316. The van der Waals surface area contributed by atoms with E-state index in [4.69, 9.17) is 9.26 Å². The van der Waals surface area contributed by atoms with Gasteiger partial charge in [-0.3, -0.25) is 0 Å². The first kappa shape index (κ1) is 15.8. The van der Waals surface area contributed by atoms with Crippen molar-refractivity contribution in [3.63, 3.8) is 0 Å². The molecule has 4 rings (SSSR count). The van der Waals surface area contributed by atoms with E-state index in [1.807, 2.05) is 42.5 Å². The molecule has 1 saturated heterocycles. The minimum atomic E-state index is 0.191. The molecule has 0 spiro atoms. The summed E-state index contributed by atoms with van der Waals surface area (Å²) in [5.74, 6) is 1.74. The van der Waals surface area contributed by atoms with E-state index in [-0.39, 0.29) is 6.10 Å². The summed E-state index contributed by atoms with van der Waals surface area (Å²) in [5.41, 5.74) is 1.75. The molecule has 0 unspecified atom stereocenters. The monoisotopic (exact) mass is 336 g/mol. The van der Waals surface area contributed by atoms with Crippen LogP contribution in [0.15, 0.2) is 53.2 Å². The Morgan fingerprint density at radius 2 is 1.92 bits per heavy atom. The first-order chi connectivity index (χ1) is 12.4. The number of hydrogen-bond acceptors (Lipinski definition) is 6. The highest BCUT2D eigenvalue weighted by molar-refractivity contribution is 5.56. The van der Waals surface area contributed by atoms with E-state index in [9.17, 15) is 0 Å². The summed E-state index contributed by atoms with van der Waals surface area (Å²) in [4.78, 5) is 8.89. The minimum Gasteiger partial charge on any atom is -0.488 e. The van der Waals surface area contributed by atoms with Crippen molar-refractivity contribution >= 4 is 0 Å². The Balaban J connectivity index is 1.53. The van der Waals surface area contributed by atoms with Crippen LogP contribution in [0.25, 0.3) is 11.6 Å². The van der Waals surface area contributed by atoms with Crippen LogP contribution in [0.4, 0.5) is 0 Å². The van der Waals surface area contributed by atoms with Crippen LogP contribution in [0.1, 0.15) is 24.2 Å². The number of hydrogen-bond donors (Lipinski definition) is 1. The van der Waals surface area contributed by atoms with Crippen molar-refractivity contribution in [1.82, 2.24) is 20.4 Å². The van der Waals surface area contributed by atoms with Crippen molar-refractivity contribution in [2.24, 2.45) is 0 Å². The second-order valence-corrected chi connectivity index (χ2v) is 6.10. The van der Waals surface area contributed by atoms with Gasteiger partial charge in [-0.2, -0.15) is 4.98 Å². The number of pyridine rings is 1. The second-order valence-electron chi connectivity index (χ2n) is 6.10. The molecule has 1 aromatic carbocycles. The van der Waals surface area contributed by atoms with Gasteiger partial charge in [0, 0.05) is 12.6 Å². The number of aromatic nitrogens is 3. The molecule has 0 radical (unpaired) electrons. The van der Waals surface area contributed by atoms with E-state index >= 15 is 0 Å². The molecule has 0 aliphatic carbocycles. The Morgan fingerprint density at radius 1 is 1.08 bits per heavy atom. The van der Waals surface area contributed by atoms with Crippen molar-refractivity contribution < 1.29 is 9.26 Å². The van der Waals surface area contributed by atoms with Gasteiger partial charge in [-0.25, -0.2) is 4.98 Å². The molecule has 3 heterocycles. The van der Waals surface area contributed by atoms with Crippen LogP contribution < -0.4 is 10.1 Å². The Hall–Kier alpha value is -2.73. The van der Waals surface area contributed by atoms with Gasteiger partial charge >= 0.3 is 0 Å². The number of nitrogens with one attached hydrogen (secondary N) is 1. The molecule has 0 saturated carbocycles. The molecule has 1 aliphatic rings. The highest BCUT2D eigenvalue weighted by Crippen LogP contribution is 2.28. The van der Waals surface area contributed by atoms with Gasteiger partial charge in [0.1, 0.15) is 6.10 Å². The van der Waals surface area contributed by atoms with E-state index in [2.05, 4.69) is 20.4 Å². The Morgan fingerprint density at radius 3 is 2.76 bits per heavy atom. The molecule has 1 aliphatic heterocycles. The average molecular weight is 336 g/mol. The molecule has 0 amide bonds. The van der Waals surface area contributed by atoms with Crippen molar-refractivity contribution in [1.29, 1.82) is 0 Å². The fourth-order valence-electron chi connectivity index (χ4n) is 2.94. The number of nitrogens with zero attached hydrogens (tertiary/aromatic N) is 3. The molecule has 3 aromatic rings. The Bertz CT molecular complexity index is 813. The van der Waals surface area contributed by atoms with Crippen molar-refractivity contribution in [2.45, 2.75) is 25.4 Å². The van der Waals surface area contributed by atoms with Crippen LogP contribution >= 0.6 is 0 Å². The zero-order chi connectivity index (χ0) is 16.9. The number of rotatable bonds is 5. The average Bonchev–Trinajstić information content (AvgIpc) is 3.12. The van der Waals surface area contributed by atoms with Gasteiger partial charge in [0.15, 0.2) is 17.3 Å².